The molecule has 1 fully saturated rings. The predicted octanol–water partition coefficient (Wildman–Crippen LogP) is 3.54. The Kier molecular flexibility index (Phi) is 5.17. The van der Waals surface area contributed by atoms with Crippen molar-refractivity contribution in [1.82, 2.24) is 10.3 Å². The van der Waals surface area contributed by atoms with Crippen molar-refractivity contribution in [2.24, 2.45) is 9.98 Å². The number of phenols is 1. The summed E-state index contributed by atoms with van der Waals surface area (Å²) in [5.74, 6) is 0.223. The number of hydrogen-bond donors (Lipinski definition) is 2. The third-order valence-electron chi connectivity index (χ3n) is 3.63. The maximum absolute atomic E-state index is 9.76. The molecule has 1 saturated carbocycles. The molecule has 0 spiro atoms. The molecule has 3 rings (SSSR count). The van der Waals surface area contributed by atoms with Gasteiger partial charge in [-0.25, -0.2) is 4.98 Å². The molecule has 0 radical (unpaired) electrons. The fourth-order valence-corrected chi connectivity index (χ4v) is 3.25. The molecule has 0 saturated heterocycles. The van der Waals surface area contributed by atoms with Crippen LogP contribution in [0.25, 0.3) is 11.3 Å². The monoisotopic (exact) mass is 340 g/mol. The molecule has 0 aliphatic heterocycles. The fraction of sp³-hybridized carbons (Fsp3) is 0.278. The van der Waals surface area contributed by atoms with Crippen molar-refractivity contribution in [3.63, 3.8) is 0 Å². The van der Waals surface area contributed by atoms with E-state index in [4.69, 9.17) is 0 Å². The van der Waals surface area contributed by atoms with Crippen molar-refractivity contribution >= 4 is 23.8 Å². The smallest absolute Gasteiger partial charge is 0.116 e. The molecule has 0 bridgehead atoms. The van der Waals surface area contributed by atoms with Crippen LogP contribution < -0.4 is 5.32 Å². The van der Waals surface area contributed by atoms with E-state index in [-0.39, 0.29) is 5.75 Å². The minimum Gasteiger partial charge on any atom is -0.508 e. The van der Waals surface area contributed by atoms with E-state index >= 15 is 0 Å². The average molecular weight is 340 g/mol. The van der Waals surface area contributed by atoms with Crippen LogP contribution in [-0.2, 0) is 0 Å². The van der Waals surface area contributed by atoms with Gasteiger partial charge in [0.25, 0.3) is 0 Å². The Hall–Kier alpha value is -2.31. The molecule has 2 aromatic rings. The van der Waals surface area contributed by atoms with Crippen LogP contribution in [0, 0.1) is 6.92 Å². The molecule has 6 heteroatoms. The summed E-state index contributed by atoms with van der Waals surface area (Å²) in [4.78, 5) is 14.1. The molecule has 0 unspecified atom stereocenters. The minimum absolute atomic E-state index is 0.223. The van der Waals surface area contributed by atoms with Crippen LogP contribution in [0.3, 0.4) is 0 Å². The van der Waals surface area contributed by atoms with Gasteiger partial charge in [0.15, 0.2) is 0 Å². The third kappa shape index (κ3) is 4.15. The third-order valence-corrected chi connectivity index (χ3v) is 4.62. The van der Waals surface area contributed by atoms with Gasteiger partial charge in [-0.15, -0.1) is 11.3 Å². The first-order valence-electron chi connectivity index (χ1n) is 7.85. The maximum atomic E-state index is 9.76. The van der Waals surface area contributed by atoms with Crippen molar-refractivity contribution in [2.75, 3.05) is 6.67 Å². The van der Waals surface area contributed by atoms with Gasteiger partial charge in [-0.05, 0) is 44.7 Å². The van der Waals surface area contributed by atoms with Gasteiger partial charge >= 0.3 is 0 Å². The quantitative estimate of drug-likeness (QED) is 0.758. The summed E-state index contributed by atoms with van der Waals surface area (Å²) < 4.78 is 0. The first-order chi connectivity index (χ1) is 11.7. The SMILES string of the molecule is C=N/C=C\C(=N/CNC1CC1)c1sc(C)nc1-c1cccc(O)c1. The average Bonchev–Trinajstić information content (AvgIpc) is 3.31. The number of aromatic nitrogens is 1. The highest BCUT2D eigenvalue weighted by Crippen LogP contribution is 2.31. The number of aliphatic imine (C=N–C) groups is 2. The molecule has 2 N–H and O–H groups in total. The van der Waals surface area contributed by atoms with E-state index in [1.165, 1.54) is 12.8 Å². The zero-order chi connectivity index (χ0) is 16.9. The second kappa shape index (κ2) is 7.51. The lowest BCUT2D eigenvalue weighted by Gasteiger charge is -2.05. The lowest BCUT2D eigenvalue weighted by Crippen LogP contribution is -2.17. The second-order valence-corrected chi connectivity index (χ2v) is 6.84. The number of nitrogens with one attached hydrogen (secondary N) is 1. The number of phenolic OH excluding ortho intramolecular Hbond substituents is 1. The number of rotatable bonds is 7. The maximum Gasteiger partial charge on any atom is 0.116 e. The Bertz CT molecular complexity index is 790. The van der Waals surface area contributed by atoms with Gasteiger partial charge in [-0.2, -0.15) is 0 Å². The van der Waals surface area contributed by atoms with Crippen LogP contribution in [-0.4, -0.2) is 35.2 Å². The first-order valence-corrected chi connectivity index (χ1v) is 8.66. The van der Waals surface area contributed by atoms with E-state index < -0.39 is 0 Å². The Morgan fingerprint density at radius 1 is 1.50 bits per heavy atom. The van der Waals surface area contributed by atoms with E-state index in [9.17, 15) is 5.11 Å². The summed E-state index contributed by atoms with van der Waals surface area (Å²) in [6.07, 6.45) is 5.93. The van der Waals surface area contributed by atoms with Crippen molar-refractivity contribution in [2.45, 2.75) is 25.8 Å². The highest BCUT2D eigenvalue weighted by molar-refractivity contribution is 7.14. The number of aryl methyl sites for hydroxylation is 1. The minimum atomic E-state index is 0.223. The number of hydrogen-bond acceptors (Lipinski definition) is 6. The molecule has 0 amide bonds. The van der Waals surface area contributed by atoms with Gasteiger partial charge in [-0.3, -0.25) is 15.3 Å². The molecule has 1 aromatic heterocycles. The molecular weight excluding hydrogens is 320 g/mol. The van der Waals surface area contributed by atoms with Crippen LogP contribution >= 0.6 is 11.3 Å². The fourth-order valence-electron chi connectivity index (χ4n) is 2.32. The zero-order valence-corrected chi connectivity index (χ0v) is 14.4. The normalized spacial score (nSPS) is 15.1. The standard InChI is InChI=1S/C18H20N4OS/c1-12-22-17(13-4-3-5-15(23)10-13)18(24-12)16(8-9-19-2)21-11-20-14-6-7-14/h3-5,8-10,14,20,23H,2,6-7,11H2,1H3/b9-8-,21-16+. The lowest BCUT2D eigenvalue weighted by molar-refractivity contribution is 0.475. The molecule has 124 valence electrons. The molecule has 24 heavy (non-hydrogen) atoms. The number of nitrogens with zero attached hydrogens (tertiary/aromatic N) is 3. The van der Waals surface area contributed by atoms with E-state index in [0.29, 0.717) is 12.7 Å². The molecule has 1 aliphatic rings. The number of thiazole rings is 1. The van der Waals surface area contributed by atoms with Gasteiger partial charge in [0, 0.05) is 17.8 Å². The van der Waals surface area contributed by atoms with E-state index in [2.05, 4.69) is 27.0 Å². The number of benzene rings is 1. The van der Waals surface area contributed by atoms with Crippen molar-refractivity contribution in [3.8, 4) is 17.0 Å². The summed E-state index contributed by atoms with van der Waals surface area (Å²) in [6, 6.07) is 7.72. The Balaban J connectivity index is 1.97. The lowest BCUT2D eigenvalue weighted by atomic mass is 10.1. The van der Waals surface area contributed by atoms with E-state index in [0.717, 1.165) is 26.9 Å². The van der Waals surface area contributed by atoms with E-state index in [1.54, 1.807) is 29.7 Å². The summed E-state index contributed by atoms with van der Waals surface area (Å²) in [6.45, 7) is 6.03. The highest BCUT2D eigenvalue weighted by atomic mass is 32.1. The molecule has 5 nitrogen and oxygen atoms in total. The predicted molar refractivity (Wildman–Crippen MR) is 100 cm³/mol. The molecule has 1 heterocycles. The Labute approximate surface area is 145 Å². The van der Waals surface area contributed by atoms with Gasteiger partial charge in [0.05, 0.1) is 28.0 Å². The largest absolute Gasteiger partial charge is 0.508 e. The van der Waals surface area contributed by atoms with Crippen LogP contribution in [0.5, 0.6) is 5.75 Å². The molecular formula is C18H20N4OS. The molecule has 1 aliphatic carbocycles. The van der Waals surface area contributed by atoms with Crippen LogP contribution in [0.1, 0.15) is 22.7 Å². The van der Waals surface area contributed by atoms with Crippen molar-refractivity contribution in [1.29, 1.82) is 0 Å². The second-order valence-electron chi connectivity index (χ2n) is 5.64. The molecule has 0 atom stereocenters. The summed E-state index contributed by atoms with van der Waals surface area (Å²) >= 11 is 1.58. The van der Waals surface area contributed by atoms with Crippen LogP contribution in [0.2, 0.25) is 0 Å². The summed E-state index contributed by atoms with van der Waals surface area (Å²) in [5.41, 5.74) is 2.52. The van der Waals surface area contributed by atoms with Gasteiger partial charge in [-0.1, -0.05) is 12.1 Å². The Morgan fingerprint density at radius 3 is 3.04 bits per heavy atom. The van der Waals surface area contributed by atoms with Crippen LogP contribution in [0.4, 0.5) is 0 Å². The van der Waals surface area contributed by atoms with Gasteiger partial charge in [0.2, 0.25) is 0 Å². The van der Waals surface area contributed by atoms with Gasteiger partial charge < -0.3 is 5.11 Å². The van der Waals surface area contributed by atoms with Crippen molar-refractivity contribution in [3.05, 3.63) is 46.4 Å². The highest BCUT2D eigenvalue weighted by Gasteiger charge is 2.20. The zero-order valence-electron chi connectivity index (χ0n) is 13.6. The van der Waals surface area contributed by atoms with Crippen molar-refractivity contribution < 1.29 is 5.11 Å². The first kappa shape index (κ1) is 16.5. The topological polar surface area (TPSA) is 69.9 Å². The van der Waals surface area contributed by atoms with E-state index in [1.807, 2.05) is 25.1 Å². The summed E-state index contributed by atoms with van der Waals surface area (Å²) in [5, 5.41) is 14.1. The molecule has 1 aromatic carbocycles. The Morgan fingerprint density at radius 2 is 2.33 bits per heavy atom. The number of allylic oxidation sites excluding steroid dienone is 1. The number of aromatic hydroxyl groups is 1. The van der Waals surface area contributed by atoms with Crippen LogP contribution in [0.15, 0.2) is 46.5 Å². The summed E-state index contributed by atoms with van der Waals surface area (Å²) in [7, 11) is 0. The van der Waals surface area contributed by atoms with Gasteiger partial charge in [0.1, 0.15) is 5.75 Å².